The van der Waals surface area contributed by atoms with Crippen LogP contribution in [0.15, 0.2) is 0 Å². The minimum absolute atomic E-state index is 1.13. The molecule has 157 valence electrons. The van der Waals surface area contributed by atoms with E-state index in [0.717, 1.165) is 0 Å². The first-order chi connectivity index (χ1) is 11.1. The molecule has 0 aromatic carbocycles. The Morgan fingerprint density at radius 3 is 1.12 bits per heavy atom. The van der Waals surface area contributed by atoms with Gasteiger partial charge in [0.25, 0.3) is 0 Å². The lowest BCUT2D eigenvalue weighted by Crippen LogP contribution is -2.73. The minimum Gasteiger partial charge on any atom is -0.375 e. The molecule has 0 bridgehead atoms. The number of hydrogen-bond acceptors (Lipinski definition) is 1. The van der Waals surface area contributed by atoms with Crippen LogP contribution in [0.5, 0.6) is 0 Å². The van der Waals surface area contributed by atoms with Crippen molar-refractivity contribution >= 4 is 0 Å². The molecule has 0 spiro atoms. The van der Waals surface area contributed by atoms with Gasteiger partial charge in [0, 0.05) is 6.61 Å². The Morgan fingerprint density at radius 2 is 0.808 bits per heavy atom. The maximum atomic E-state index is 13.1. The van der Waals surface area contributed by atoms with Crippen LogP contribution in [0.1, 0.15) is 0 Å². The van der Waals surface area contributed by atoms with Gasteiger partial charge in [0.05, 0.1) is 0 Å². The van der Waals surface area contributed by atoms with Gasteiger partial charge in [0.2, 0.25) is 0 Å². The Balaban J connectivity index is 6.33. The van der Waals surface area contributed by atoms with Crippen LogP contribution in [-0.2, 0) is 4.74 Å². The van der Waals surface area contributed by atoms with E-state index in [4.69, 9.17) is 0 Å². The quantitative estimate of drug-likeness (QED) is 0.484. The fourth-order valence-electron chi connectivity index (χ4n) is 1.29. The molecule has 1 nitrogen and oxygen atoms in total. The number of rotatable bonds is 8. The third kappa shape index (κ3) is 3.28. The van der Waals surface area contributed by atoms with E-state index < -0.39 is 54.9 Å². The van der Waals surface area contributed by atoms with E-state index in [1.807, 2.05) is 0 Å². The van der Waals surface area contributed by atoms with Crippen molar-refractivity contribution in [2.75, 3.05) is 13.2 Å². The summed E-state index contributed by atoms with van der Waals surface area (Å²) in [5, 5.41) is 0. The summed E-state index contributed by atoms with van der Waals surface area (Å²) in [7, 11) is 0. The van der Waals surface area contributed by atoms with Gasteiger partial charge in [-0.1, -0.05) is 0 Å². The highest BCUT2D eigenvalue weighted by Gasteiger charge is 2.93. The van der Waals surface area contributed by atoms with E-state index in [0.29, 0.717) is 0 Å². The highest BCUT2D eigenvalue weighted by molar-refractivity contribution is 5.13. The van der Waals surface area contributed by atoms with Gasteiger partial charge in [-0.3, -0.25) is 0 Å². The van der Waals surface area contributed by atoms with Crippen LogP contribution in [-0.4, -0.2) is 54.9 Å². The van der Waals surface area contributed by atoms with Crippen LogP contribution in [0.3, 0.4) is 0 Å². The summed E-state index contributed by atoms with van der Waals surface area (Å²) in [4.78, 5) is 0. The van der Waals surface area contributed by atoms with Gasteiger partial charge in [-0.2, -0.15) is 65.9 Å². The summed E-state index contributed by atoms with van der Waals surface area (Å²) >= 11 is 0. The first-order valence-electron chi connectivity index (χ1n) is 5.77. The Kier molecular flexibility index (Phi) is 6.24. The molecule has 16 heteroatoms. The predicted octanol–water partition coefficient (Wildman–Crippen LogP) is 5.21. The zero-order chi connectivity index (χ0) is 21.6. The van der Waals surface area contributed by atoms with Crippen molar-refractivity contribution in [2.45, 2.75) is 41.7 Å². The monoisotopic (exact) mass is 427 g/mol. The van der Waals surface area contributed by atoms with Gasteiger partial charge in [-0.25, -0.2) is 0 Å². The number of alkyl halides is 15. The van der Waals surface area contributed by atoms with E-state index >= 15 is 0 Å². The maximum Gasteiger partial charge on any atom is 0.460 e. The standard InChI is InChI=1S/C10H6F15O/c1-2-26-3-4(11,12)5(13,14)6(15,16)7(17,18)8(19,20)9(21,22)10(23,24)25/h1-3H2. The van der Waals surface area contributed by atoms with Gasteiger partial charge >= 0.3 is 41.7 Å². The summed E-state index contributed by atoms with van der Waals surface area (Å²) < 4.78 is 194. The molecule has 0 saturated heterocycles. The molecule has 0 aromatic rings. The fraction of sp³-hybridized carbons (Fsp3) is 0.900. The normalized spacial score (nSPS) is 16.2. The largest absolute Gasteiger partial charge is 0.460 e. The molecule has 0 aromatic heterocycles. The topological polar surface area (TPSA) is 9.23 Å². The maximum absolute atomic E-state index is 13.1. The second-order valence-electron chi connectivity index (χ2n) is 4.63. The second kappa shape index (κ2) is 6.51. The van der Waals surface area contributed by atoms with Crippen LogP contribution in [0.4, 0.5) is 65.9 Å². The molecule has 0 fully saturated rings. The third-order valence-electron chi connectivity index (χ3n) is 2.82. The van der Waals surface area contributed by atoms with Gasteiger partial charge in [0.1, 0.15) is 6.61 Å². The first-order valence-corrected chi connectivity index (χ1v) is 5.77. The van der Waals surface area contributed by atoms with Gasteiger partial charge in [0.15, 0.2) is 0 Å². The third-order valence-corrected chi connectivity index (χ3v) is 2.82. The molecular formula is C10H6F15O. The Hall–Kier alpha value is -1.09. The highest BCUT2D eigenvalue weighted by Crippen LogP contribution is 2.62. The van der Waals surface area contributed by atoms with Crippen molar-refractivity contribution in [3.8, 4) is 0 Å². The lowest BCUT2D eigenvalue weighted by atomic mass is 9.91. The van der Waals surface area contributed by atoms with Crippen molar-refractivity contribution in [3.05, 3.63) is 6.92 Å². The zero-order valence-corrected chi connectivity index (χ0v) is 11.7. The minimum atomic E-state index is -8.27. The van der Waals surface area contributed by atoms with E-state index in [9.17, 15) is 65.9 Å². The van der Waals surface area contributed by atoms with Crippen LogP contribution in [0.25, 0.3) is 0 Å². The van der Waals surface area contributed by atoms with Crippen molar-refractivity contribution in [2.24, 2.45) is 0 Å². The van der Waals surface area contributed by atoms with Crippen LogP contribution < -0.4 is 0 Å². The van der Waals surface area contributed by atoms with Crippen LogP contribution in [0, 0.1) is 6.92 Å². The summed E-state index contributed by atoms with van der Waals surface area (Å²) in [5.41, 5.74) is 0. The molecule has 0 aliphatic carbocycles. The predicted molar refractivity (Wildman–Crippen MR) is 51.9 cm³/mol. The Morgan fingerprint density at radius 1 is 0.500 bits per heavy atom. The molecule has 0 saturated carbocycles. The van der Waals surface area contributed by atoms with E-state index in [1.165, 1.54) is 0 Å². The van der Waals surface area contributed by atoms with Crippen molar-refractivity contribution in [1.29, 1.82) is 0 Å². The van der Waals surface area contributed by atoms with Gasteiger partial charge in [-0.05, 0) is 6.92 Å². The summed E-state index contributed by atoms with van der Waals surface area (Å²) in [5.74, 6) is -46.4. The second-order valence-corrected chi connectivity index (χ2v) is 4.63. The molecular weight excluding hydrogens is 421 g/mol. The lowest BCUT2D eigenvalue weighted by molar-refractivity contribution is -0.453. The van der Waals surface area contributed by atoms with Crippen molar-refractivity contribution < 1.29 is 70.6 Å². The average molecular weight is 427 g/mol. The first kappa shape index (κ1) is 24.9. The van der Waals surface area contributed by atoms with Crippen LogP contribution in [0.2, 0.25) is 0 Å². The molecule has 0 atom stereocenters. The van der Waals surface area contributed by atoms with Crippen LogP contribution >= 0.6 is 0 Å². The lowest BCUT2D eigenvalue weighted by Gasteiger charge is -2.41. The molecule has 0 heterocycles. The average Bonchev–Trinajstić information content (AvgIpc) is 2.42. The molecule has 0 aliphatic rings. The fourth-order valence-corrected chi connectivity index (χ4v) is 1.29. The molecule has 0 amide bonds. The van der Waals surface area contributed by atoms with Gasteiger partial charge in [-0.15, -0.1) is 0 Å². The molecule has 0 unspecified atom stereocenters. The summed E-state index contributed by atoms with van der Waals surface area (Å²) in [6, 6.07) is 0. The van der Waals surface area contributed by atoms with Gasteiger partial charge < -0.3 is 4.74 Å². The van der Waals surface area contributed by atoms with E-state index in [1.54, 1.807) is 0 Å². The zero-order valence-electron chi connectivity index (χ0n) is 11.7. The molecule has 0 rings (SSSR count). The number of hydrogen-bond donors (Lipinski definition) is 0. The summed E-state index contributed by atoms with van der Waals surface area (Å²) in [6.07, 6.45) is -7.61. The summed E-state index contributed by atoms with van der Waals surface area (Å²) in [6.45, 7) is -1.34. The Labute approximate surface area is 134 Å². The molecule has 1 radical (unpaired) electrons. The highest BCUT2D eigenvalue weighted by atomic mass is 19.4. The Bertz CT molecular complexity index is 491. The van der Waals surface area contributed by atoms with Crippen molar-refractivity contribution in [1.82, 2.24) is 0 Å². The molecule has 0 N–H and O–H groups in total. The number of halogens is 15. The molecule has 26 heavy (non-hydrogen) atoms. The number of ether oxygens (including phenoxy) is 1. The smallest absolute Gasteiger partial charge is 0.375 e. The van der Waals surface area contributed by atoms with E-state index in [-0.39, 0.29) is 0 Å². The van der Waals surface area contributed by atoms with E-state index in [2.05, 4.69) is 11.7 Å². The molecule has 0 aliphatic heterocycles. The SMILES string of the molecule is [CH2]COCC(F)(F)C(F)(F)C(F)(F)C(F)(F)C(F)(F)C(F)(F)C(F)(F)F. The van der Waals surface area contributed by atoms with Crippen molar-refractivity contribution in [3.63, 3.8) is 0 Å².